The van der Waals surface area contributed by atoms with Crippen molar-refractivity contribution >= 4 is 11.8 Å². The number of benzene rings is 2. The number of ether oxygens (including phenoxy) is 2. The largest absolute Gasteiger partial charge is 0.493 e. The molecule has 0 fully saturated rings. The number of nitrogens with one attached hydrogen (secondary N) is 1. The molecule has 0 radical (unpaired) electrons. The molecular formula is C20H24N2O4. The molecule has 6 heteroatoms. The van der Waals surface area contributed by atoms with E-state index in [9.17, 15) is 9.59 Å². The molecule has 138 valence electrons. The maximum Gasteiger partial charge on any atom is 0.255 e. The number of carbonyl (C=O) groups is 2. The van der Waals surface area contributed by atoms with Crippen molar-refractivity contribution in [3.8, 4) is 11.5 Å². The Balaban J connectivity index is 2.16. The van der Waals surface area contributed by atoms with Crippen molar-refractivity contribution in [1.29, 1.82) is 0 Å². The van der Waals surface area contributed by atoms with Crippen molar-refractivity contribution in [3.05, 3.63) is 58.7 Å². The minimum Gasteiger partial charge on any atom is -0.493 e. The van der Waals surface area contributed by atoms with Gasteiger partial charge in [0, 0.05) is 5.56 Å². The van der Waals surface area contributed by atoms with Gasteiger partial charge in [0.15, 0.2) is 18.1 Å². The first-order valence-corrected chi connectivity index (χ1v) is 8.29. The Kier molecular flexibility index (Phi) is 6.22. The van der Waals surface area contributed by atoms with E-state index in [1.165, 1.54) is 12.7 Å². The van der Waals surface area contributed by atoms with E-state index in [1.807, 2.05) is 39.0 Å². The molecule has 2 aromatic carbocycles. The SMILES string of the molecule is COc1cc(C(=O)NC(C)c2cccc(C)c2C)ccc1OCC(N)=O. The summed E-state index contributed by atoms with van der Waals surface area (Å²) >= 11 is 0. The lowest BCUT2D eigenvalue weighted by molar-refractivity contribution is -0.119. The van der Waals surface area contributed by atoms with E-state index in [0.717, 1.165) is 11.1 Å². The topological polar surface area (TPSA) is 90.7 Å². The molecule has 0 aliphatic heterocycles. The molecular weight excluding hydrogens is 332 g/mol. The van der Waals surface area contributed by atoms with Crippen LogP contribution in [0, 0.1) is 13.8 Å². The number of methoxy groups -OCH3 is 1. The summed E-state index contributed by atoms with van der Waals surface area (Å²) < 4.78 is 10.5. The minimum absolute atomic E-state index is 0.140. The fourth-order valence-corrected chi connectivity index (χ4v) is 2.68. The third-order valence-electron chi connectivity index (χ3n) is 4.26. The van der Waals surface area contributed by atoms with Crippen LogP contribution in [0.1, 0.15) is 40.0 Å². The normalized spacial score (nSPS) is 11.5. The van der Waals surface area contributed by atoms with Crippen molar-refractivity contribution in [1.82, 2.24) is 5.32 Å². The highest BCUT2D eigenvalue weighted by molar-refractivity contribution is 5.95. The van der Waals surface area contributed by atoms with Gasteiger partial charge in [-0.3, -0.25) is 9.59 Å². The van der Waals surface area contributed by atoms with Crippen molar-refractivity contribution in [2.45, 2.75) is 26.8 Å². The average molecular weight is 356 g/mol. The van der Waals surface area contributed by atoms with Gasteiger partial charge >= 0.3 is 0 Å². The molecule has 0 bridgehead atoms. The summed E-state index contributed by atoms with van der Waals surface area (Å²) in [5, 5.41) is 2.99. The maximum absolute atomic E-state index is 12.6. The van der Waals surface area contributed by atoms with E-state index in [-0.39, 0.29) is 18.6 Å². The molecule has 3 N–H and O–H groups in total. The average Bonchev–Trinajstić information content (AvgIpc) is 2.61. The quantitative estimate of drug-likeness (QED) is 0.798. The lowest BCUT2D eigenvalue weighted by Crippen LogP contribution is -2.27. The maximum atomic E-state index is 12.6. The first-order chi connectivity index (χ1) is 12.3. The molecule has 0 aromatic heterocycles. The highest BCUT2D eigenvalue weighted by atomic mass is 16.5. The highest BCUT2D eigenvalue weighted by Crippen LogP contribution is 2.28. The molecule has 0 spiro atoms. The van der Waals surface area contributed by atoms with Crippen molar-refractivity contribution in [2.24, 2.45) is 5.73 Å². The molecule has 2 aromatic rings. The van der Waals surface area contributed by atoms with E-state index >= 15 is 0 Å². The first-order valence-electron chi connectivity index (χ1n) is 8.29. The van der Waals surface area contributed by atoms with Crippen molar-refractivity contribution < 1.29 is 19.1 Å². The van der Waals surface area contributed by atoms with Crippen LogP contribution < -0.4 is 20.5 Å². The summed E-state index contributed by atoms with van der Waals surface area (Å²) in [5.74, 6) is -0.0990. The van der Waals surface area contributed by atoms with Gasteiger partial charge in [0.25, 0.3) is 11.8 Å². The second kappa shape index (κ2) is 8.38. The number of primary amides is 1. The molecule has 0 aliphatic carbocycles. The third kappa shape index (κ3) is 4.53. The number of carbonyl (C=O) groups excluding carboxylic acids is 2. The smallest absolute Gasteiger partial charge is 0.255 e. The Morgan fingerprint density at radius 3 is 2.54 bits per heavy atom. The fraction of sp³-hybridized carbons (Fsp3) is 0.300. The zero-order chi connectivity index (χ0) is 19.3. The molecule has 0 saturated carbocycles. The molecule has 1 atom stereocenters. The summed E-state index contributed by atoms with van der Waals surface area (Å²) in [6.07, 6.45) is 0. The van der Waals surface area contributed by atoms with Gasteiger partial charge in [-0.1, -0.05) is 18.2 Å². The van der Waals surface area contributed by atoms with Gasteiger partial charge in [-0.15, -0.1) is 0 Å². The van der Waals surface area contributed by atoms with Crippen molar-refractivity contribution in [2.75, 3.05) is 13.7 Å². The molecule has 2 rings (SSSR count). The van der Waals surface area contributed by atoms with Gasteiger partial charge in [-0.05, 0) is 55.7 Å². The summed E-state index contributed by atoms with van der Waals surface area (Å²) in [6, 6.07) is 10.7. The van der Waals surface area contributed by atoms with Crippen LogP contribution in [-0.4, -0.2) is 25.5 Å². The molecule has 0 saturated heterocycles. The van der Waals surface area contributed by atoms with E-state index in [0.29, 0.717) is 17.1 Å². The second-order valence-corrected chi connectivity index (χ2v) is 6.10. The van der Waals surface area contributed by atoms with Crippen LogP contribution >= 0.6 is 0 Å². The van der Waals surface area contributed by atoms with Crippen LogP contribution in [0.15, 0.2) is 36.4 Å². The Labute approximate surface area is 153 Å². The van der Waals surface area contributed by atoms with Crippen LogP contribution in [0.25, 0.3) is 0 Å². The second-order valence-electron chi connectivity index (χ2n) is 6.10. The van der Waals surface area contributed by atoms with Crippen LogP contribution in [0.5, 0.6) is 11.5 Å². The Morgan fingerprint density at radius 1 is 1.15 bits per heavy atom. The first kappa shape index (κ1) is 19.3. The monoisotopic (exact) mass is 356 g/mol. The Morgan fingerprint density at radius 2 is 1.88 bits per heavy atom. The van der Waals surface area contributed by atoms with Crippen LogP contribution in [0.2, 0.25) is 0 Å². The number of amides is 2. The van der Waals surface area contributed by atoms with Crippen LogP contribution in [0.3, 0.4) is 0 Å². The summed E-state index contributed by atoms with van der Waals surface area (Å²) in [6.45, 7) is 5.77. The van der Waals surface area contributed by atoms with E-state index in [2.05, 4.69) is 5.32 Å². The molecule has 0 aliphatic rings. The number of hydrogen-bond donors (Lipinski definition) is 2. The fourth-order valence-electron chi connectivity index (χ4n) is 2.68. The lowest BCUT2D eigenvalue weighted by Gasteiger charge is -2.18. The minimum atomic E-state index is -0.587. The van der Waals surface area contributed by atoms with Gasteiger partial charge in [-0.2, -0.15) is 0 Å². The third-order valence-corrected chi connectivity index (χ3v) is 4.26. The van der Waals surface area contributed by atoms with Gasteiger partial charge in [0.2, 0.25) is 0 Å². The molecule has 0 heterocycles. The zero-order valence-corrected chi connectivity index (χ0v) is 15.5. The summed E-state index contributed by atoms with van der Waals surface area (Å²) in [7, 11) is 1.47. The van der Waals surface area contributed by atoms with Gasteiger partial charge in [0.1, 0.15) is 0 Å². The van der Waals surface area contributed by atoms with E-state index in [4.69, 9.17) is 15.2 Å². The highest BCUT2D eigenvalue weighted by Gasteiger charge is 2.16. The lowest BCUT2D eigenvalue weighted by atomic mass is 9.98. The van der Waals surface area contributed by atoms with Gasteiger partial charge in [-0.25, -0.2) is 0 Å². The summed E-state index contributed by atoms with van der Waals surface area (Å²) in [5.41, 5.74) is 8.93. The van der Waals surface area contributed by atoms with E-state index < -0.39 is 5.91 Å². The Hall–Kier alpha value is -3.02. The number of rotatable bonds is 7. The van der Waals surface area contributed by atoms with Crippen LogP contribution in [0.4, 0.5) is 0 Å². The number of aryl methyl sites for hydroxylation is 1. The number of hydrogen-bond acceptors (Lipinski definition) is 4. The predicted molar refractivity (Wildman–Crippen MR) is 99.5 cm³/mol. The Bertz CT molecular complexity index is 817. The molecule has 6 nitrogen and oxygen atoms in total. The molecule has 2 amide bonds. The standard InChI is InChI=1S/C20H24N2O4/c1-12-6-5-7-16(13(12)2)14(3)22-20(24)15-8-9-17(18(10-15)25-4)26-11-19(21)23/h5-10,14H,11H2,1-4H3,(H2,21,23)(H,22,24). The van der Waals surface area contributed by atoms with Crippen molar-refractivity contribution in [3.63, 3.8) is 0 Å². The molecule has 26 heavy (non-hydrogen) atoms. The van der Waals surface area contributed by atoms with Gasteiger partial charge in [0.05, 0.1) is 13.2 Å². The van der Waals surface area contributed by atoms with E-state index in [1.54, 1.807) is 18.2 Å². The number of nitrogens with two attached hydrogens (primary N) is 1. The summed E-state index contributed by atoms with van der Waals surface area (Å²) in [4.78, 5) is 23.4. The zero-order valence-electron chi connectivity index (χ0n) is 15.5. The van der Waals surface area contributed by atoms with Crippen LogP contribution in [-0.2, 0) is 4.79 Å². The van der Waals surface area contributed by atoms with Gasteiger partial charge < -0.3 is 20.5 Å². The molecule has 1 unspecified atom stereocenters. The predicted octanol–water partition coefficient (Wildman–Crippen LogP) is 2.67.